The topological polar surface area (TPSA) is 41.1 Å². The number of benzene rings is 1. The standard InChI is InChI=1S/C18H28N2O/c1-4-14-5-8-16(9-6-14)18(2,3)20-17(21)10-7-15-11-12-19-13-15/h5-6,8-9,15,19H,4,7,10-13H2,1-3H3,(H,20,21). The molecule has 3 nitrogen and oxygen atoms in total. The summed E-state index contributed by atoms with van der Waals surface area (Å²) in [5, 5.41) is 6.52. The van der Waals surface area contributed by atoms with Crippen LogP contribution in [0.3, 0.4) is 0 Å². The van der Waals surface area contributed by atoms with Crippen LogP contribution in [0.4, 0.5) is 0 Å². The van der Waals surface area contributed by atoms with Gasteiger partial charge in [-0.1, -0.05) is 31.2 Å². The predicted molar refractivity (Wildman–Crippen MR) is 87.2 cm³/mol. The van der Waals surface area contributed by atoms with Crippen LogP contribution in [0.1, 0.15) is 51.2 Å². The van der Waals surface area contributed by atoms with Gasteiger partial charge in [0.05, 0.1) is 5.54 Å². The first-order valence-electron chi connectivity index (χ1n) is 8.12. The highest BCUT2D eigenvalue weighted by molar-refractivity contribution is 5.76. The summed E-state index contributed by atoms with van der Waals surface area (Å²) in [5.74, 6) is 0.828. The van der Waals surface area contributed by atoms with E-state index >= 15 is 0 Å². The first-order chi connectivity index (χ1) is 10.0. The molecule has 1 aliphatic heterocycles. The monoisotopic (exact) mass is 288 g/mol. The third-order valence-electron chi connectivity index (χ3n) is 4.48. The SMILES string of the molecule is CCc1ccc(C(C)(C)NC(=O)CCC2CCNC2)cc1. The molecule has 2 N–H and O–H groups in total. The summed E-state index contributed by atoms with van der Waals surface area (Å²) in [6.07, 6.45) is 3.87. The van der Waals surface area contributed by atoms with Gasteiger partial charge in [-0.25, -0.2) is 0 Å². The Morgan fingerprint density at radius 2 is 2.05 bits per heavy atom. The zero-order valence-corrected chi connectivity index (χ0v) is 13.5. The Balaban J connectivity index is 1.87. The van der Waals surface area contributed by atoms with Crippen LogP contribution in [-0.4, -0.2) is 19.0 Å². The second-order valence-electron chi connectivity index (χ2n) is 6.62. The van der Waals surface area contributed by atoms with E-state index in [4.69, 9.17) is 0 Å². The van der Waals surface area contributed by atoms with Crippen LogP contribution in [0.15, 0.2) is 24.3 Å². The fourth-order valence-corrected chi connectivity index (χ4v) is 2.94. The van der Waals surface area contributed by atoms with Crippen molar-refractivity contribution >= 4 is 5.91 Å². The number of rotatable bonds is 6. The van der Waals surface area contributed by atoms with Crippen LogP contribution in [-0.2, 0) is 16.8 Å². The maximum atomic E-state index is 12.2. The van der Waals surface area contributed by atoms with E-state index in [9.17, 15) is 4.79 Å². The van der Waals surface area contributed by atoms with Crippen molar-refractivity contribution in [2.24, 2.45) is 5.92 Å². The Labute approximate surface area is 128 Å². The van der Waals surface area contributed by atoms with E-state index in [1.54, 1.807) is 0 Å². The first-order valence-corrected chi connectivity index (χ1v) is 8.12. The van der Waals surface area contributed by atoms with Crippen molar-refractivity contribution < 1.29 is 4.79 Å². The Morgan fingerprint density at radius 1 is 1.33 bits per heavy atom. The summed E-state index contributed by atoms with van der Waals surface area (Å²) in [6.45, 7) is 8.46. The Morgan fingerprint density at radius 3 is 2.62 bits per heavy atom. The normalized spacial score (nSPS) is 18.7. The summed E-state index contributed by atoms with van der Waals surface area (Å²) in [4.78, 5) is 12.2. The van der Waals surface area contributed by atoms with Crippen molar-refractivity contribution in [2.45, 2.75) is 52.0 Å². The number of hydrogen-bond acceptors (Lipinski definition) is 2. The highest BCUT2D eigenvalue weighted by Gasteiger charge is 2.23. The molecule has 0 radical (unpaired) electrons. The molecule has 1 amide bonds. The van der Waals surface area contributed by atoms with Gasteiger partial charge in [0.25, 0.3) is 0 Å². The number of nitrogens with one attached hydrogen (secondary N) is 2. The van der Waals surface area contributed by atoms with Gasteiger partial charge in [-0.2, -0.15) is 0 Å². The molecule has 116 valence electrons. The van der Waals surface area contributed by atoms with Gasteiger partial charge in [0.2, 0.25) is 5.91 Å². The van der Waals surface area contributed by atoms with Crippen molar-refractivity contribution in [3.8, 4) is 0 Å². The minimum Gasteiger partial charge on any atom is -0.347 e. The zero-order valence-electron chi connectivity index (χ0n) is 13.5. The highest BCUT2D eigenvalue weighted by atomic mass is 16.1. The fraction of sp³-hybridized carbons (Fsp3) is 0.611. The zero-order chi connectivity index (χ0) is 15.3. The molecule has 1 fully saturated rings. The van der Waals surface area contributed by atoms with E-state index in [0.717, 1.165) is 31.5 Å². The highest BCUT2D eigenvalue weighted by Crippen LogP contribution is 2.21. The second kappa shape index (κ2) is 7.08. The molecule has 21 heavy (non-hydrogen) atoms. The maximum absolute atomic E-state index is 12.2. The number of carbonyl (C=O) groups is 1. The molecule has 1 aromatic carbocycles. The second-order valence-corrected chi connectivity index (χ2v) is 6.62. The molecule has 0 saturated carbocycles. The van der Waals surface area contributed by atoms with Gasteiger partial charge in [-0.3, -0.25) is 4.79 Å². The lowest BCUT2D eigenvalue weighted by molar-refractivity contribution is -0.123. The predicted octanol–water partition coefficient (Wildman–Crippen LogP) is 2.99. The molecule has 0 aliphatic carbocycles. The number of aryl methyl sites for hydroxylation is 1. The molecule has 0 aromatic heterocycles. The smallest absolute Gasteiger partial charge is 0.220 e. The summed E-state index contributed by atoms with van der Waals surface area (Å²) >= 11 is 0. The van der Waals surface area contributed by atoms with Crippen molar-refractivity contribution in [1.29, 1.82) is 0 Å². The van der Waals surface area contributed by atoms with Crippen molar-refractivity contribution in [3.05, 3.63) is 35.4 Å². The van der Waals surface area contributed by atoms with Crippen LogP contribution in [0.25, 0.3) is 0 Å². The number of hydrogen-bond donors (Lipinski definition) is 2. The summed E-state index contributed by atoms with van der Waals surface area (Å²) in [5.41, 5.74) is 2.18. The Hall–Kier alpha value is -1.35. The quantitative estimate of drug-likeness (QED) is 0.845. The van der Waals surface area contributed by atoms with Gasteiger partial charge in [-0.15, -0.1) is 0 Å². The van der Waals surface area contributed by atoms with Crippen LogP contribution in [0.2, 0.25) is 0 Å². The Bertz CT molecular complexity index is 459. The minimum atomic E-state index is -0.308. The van der Waals surface area contributed by atoms with Crippen molar-refractivity contribution in [2.75, 3.05) is 13.1 Å². The number of amides is 1. The molecular weight excluding hydrogens is 260 g/mol. The van der Waals surface area contributed by atoms with Crippen LogP contribution < -0.4 is 10.6 Å². The van der Waals surface area contributed by atoms with E-state index < -0.39 is 0 Å². The fourth-order valence-electron chi connectivity index (χ4n) is 2.94. The lowest BCUT2D eigenvalue weighted by Gasteiger charge is -2.27. The molecule has 2 rings (SSSR count). The lowest BCUT2D eigenvalue weighted by Crippen LogP contribution is -2.41. The summed E-state index contributed by atoms with van der Waals surface area (Å²) < 4.78 is 0. The third-order valence-corrected chi connectivity index (χ3v) is 4.48. The van der Waals surface area contributed by atoms with E-state index in [1.807, 2.05) is 0 Å². The Kier molecular flexibility index (Phi) is 5.40. The van der Waals surface area contributed by atoms with Gasteiger partial charge in [-0.05, 0) is 63.2 Å². The summed E-state index contributed by atoms with van der Waals surface area (Å²) in [7, 11) is 0. The van der Waals surface area contributed by atoms with Gasteiger partial charge in [0.1, 0.15) is 0 Å². The average molecular weight is 288 g/mol. The molecule has 0 spiro atoms. The van der Waals surface area contributed by atoms with Crippen LogP contribution in [0, 0.1) is 5.92 Å². The van der Waals surface area contributed by atoms with E-state index in [0.29, 0.717) is 12.3 Å². The molecule has 1 aliphatic rings. The largest absolute Gasteiger partial charge is 0.347 e. The molecule has 3 heteroatoms. The van der Waals surface area contributed by atoms with Crippen molar-refractivity contribution in [3.63, 3.8) is 0 Å². The summed E-state index contributed by atoms with van der Waals surface area (Å²) in [6, 6.07) is 8.54. The maximum Gasteiger partial charge on any atom is 0.220 e. The molecular formula is C18H28N2O. The van der Waals surface area contributed by atoms with Gasteiger partial charge < -0.3 is 10.6 Å². The molecule has 1 saturated heterocycles. The van der Waals surface area contributed by atoms with E-state index in [1.165, 1.54) is 12.0 Å². The van der Waals surface area contributed by atoms with Crippen LogP contribution in [0.5, 0.6) is 0 Å². The van der Waals surface area contributed by atoms with Gasteiger partial charge in [0.15, 0.2) is 0 Å². The molecule has 1 aromatic rings. The van der Waals surface area contributed by atoms with Gasteiger partial charge >= 0.3 is 0 Å². The molecule has 0 bridgehead atoms. The molecule has 1 unspecified atom stereocenters. The van der Waals surface area contributed by atoms with E-state index in [2.05, 4.69) is 55.7 Å². The molecule has 1 atom stereocenters. The van der Waals surface area contributed by atoms with Gasteiger partial charge in [0, 0.05) is 6.42 Å². The van der Waals surface area contributed by atoms with E-state index in [-0.39, 0.29) is 11.4 Å². The van der Waals surface area contributed by atoms with Crippen LogP contribution >= 0.6 is 0 Å². The lowest BCUT2D eigenvalue weighted by atomic mass is 9.92. The molecule has 1 heterocycles. The van der Waals surface area contributed by atoms with Crippen molar-refractivity contribution in [1.82, 2.24) is 10.6 Å². The minimum absolute atomic E-state index is 0.159. The third kappa shape index (κ3) is 4.57. The number of carbonyl (C=O) groups excluding carboxylic acids is 1. The first kappa shape index (κ1) is 16.0. The average Bonchev–Trinajstić information content (AvgIpc) is 2.98.